The predicted molar refractivity (Wildman–Crippen MR) is 82.5 cm³/mol. The molecule has 2 aromatic carbocycles. The molecule has 0 atom stereocenters. The van der Waals surface area contributed by atoms with E-state index in [1.165, 1.54) is 6.07 Å². The number of aromatic nitrogens is 1. The summed E-state index contributed by atoms with van der Waals surface area (Å²) in [5.74, 6) is 1.28. The van der Waals surface area contributed by atoms with Crippen LogP contribution >= 0.6 is 0 Å². The maximum atomic E-state index is 12.7. The zero-order valence-electron chi connectivity index (χ0n) is 12.8. The zero-order valence-corrected chi connectivity index (χ0v) is 12.8. The van der Waals surface area contributed by atoms with Crippen LogP contribution in [0.25, 0.3) is 11.3 Å². The van der Waals surface area contributed by atoms with E-state index in [0.29, 0.717) is 11.3 Å². The Bertz CT molecular complexity index is 823. The summed E-state index contributed by atoms with van der Waals surface area (Å²) in [6.45, 7) is 1.87. The number of hydrogen-bond acceptors (Lipinski definition) is 3. The monoisotopic (exact) mass is 333 g/mol. The fourth-order valence-electron chi connectivity index (χ4n) is 2.23. The molecular formula is C18H14F3NO2. The van der Waals surface area contributed by atoms with E-state index >= 15 is 0 Å². The first-order valence-corrected chi connectivity index (χ1v) is 7.24. The summed E-state index contributed by atoms with van der Waals surface area (Å²) in [4.78, 5) is 0. The van der Waals surface area contributed by atoms with Crippen molar-refractivity contribution < 1.29 is 22.4 Å². The maximum absolute atomic E-state index is 12.7. The number of ether oxygens (including phenoxy) is 1. The topological polar surface area (TPSA) is 35.3 Å². The number of rotatable bonds is 4. The van der Waals surface area contributed by atoms with Crippen molar-refractivity contribution in [2.75, 3.05) is 0 Å². The first kappa shape index (κ1) is 16.1. The third-order valence-electron chi connectivity index (χ3n) is 3.44. The molecule has 3 nitrogen and oxygen atoms in total. The maximum Gasteiger partial charge on any atom is 0.416 e. The molecular weight excluding hydrogens is 319 g/mol. The van der Waals surface area contributed by atoms with Gasteiger partial charge in [0.05, 0.1) is 5.56 Å². The van der Waals surface area contributed by atoms with Crippen LogP contribution in [-0.2, 0) is 12.8 Å². The van der Waals surface area contributed by atoms with Crippen LogP contribution in [0.3, 0.4) is 0 Å². The molecule has 0 aliphatic carbocycles. The summed E-state index contributed by atoms with van der Waals surface area (Å²) >= 11 is 0. The van der Waals surface area contributed by atoms with Gasteiger partial charge < -0.3 is 9.26 Å². The van der Waals surface area contributed by atoms with Crippen LogP contribution in [0.1, 0.15) is 16.9 Å². The number of halogens is 3. The van der Waals surface area contributed by atoms with Crippen LogP contribution in [-0.4, -0.2) is 5.16 Å². The van der Waals surface area contributed by atoms with E-state index in [2.05, 4.69) is 5.16 Å². The Balaban J connectivity index is 1.67. The van der Waals surface area contributed by atoms with Crippen molar-refractivity contribution in [1.82, 2.24) is 5.16 Å². The molecule has 0 radical (unpaired) electrons. The Kier molecular flexibility index (Phi) is 4.29. The Morgan fingerprint density at radius 1 is 1.04 bits per heavy atom. The number of hydrogen-bond donors (Lipinski definition) is 0. The molecule has 3 rings (SSSR count). The number of nitrogens with zero attached hydrogens (tertiary/aromatic N) is 1. The van der Waals surface area contributed by atoms with E-state index in [1.54, 1.807) is 18.2 Å². The molecule has 0 aliphatic heterocycles. The van der Waals surface area contributed by atoms with Crippen molar-refractivity contribution in [3.05, 3.63) is 71.5 Å². The summed E-state index contributed by atoms with van der Waals surface area (Å²) in [7, 11) is 0. The minimum atomic E-state index is -4.35. The third-order valence-corrected chi connectivity index (χ3v) is 3.44. The second-order valence-electron chi connectivity index (χ2n) is 5.33. The molecule has 0 spiro atoms. The lowest BCUT2D eigenvalue weighted by molar-refractivity contribution is -0.137. The quantitative estimate of drug-likeness (QED) is 0.654. The number of aryl methyl sites for hydroxylation is 1. The summed E-state index contributed by atoms with van der Waals surface area (Å²) in [6.07, 6.45) is -4.35. The second-order valence-corrected chi connectivity index (χ2v) is 5.33. The largest absolute Gasteiger partial charge is 0.489 e. The molecule has 0 unspecified atom stereocenters. The lowest BCUT2D eigenvalue weighted by Gasteiger charge is -2.10. The Hall–Kier alpha value is -2.76. The van der Waals surface area contributed by atoms with E-state index in [-0.39, 0.29) is 6.61 Å². The lowest BCUT2D eigenvalue weighted by Crippen LogP contribution is -2.06. The fourth-order valence-corrected chi connectivity index (χ4v) is 2.23. The molecule has 1 heterocycles. The van der Waals surface area contributed by atoms with Gasteiger partial charge in [0.1, 0.15) is 23.8 Å². The van der Waals surface area contributed by atoms with Gasteiger partial charge >= 0.3 is 6.18 Å². The molecule has 0 aliphatic rings. The van der Waals surface area contributed by atoms with E-state index in [0.717, 1.165) is 29.2 Å². The molecule has 6 heteroatoms. The molecule has 0 saturated heterocycles. The minimum Gasteiger partial charge on any atom is -0.489 e. The smallest absolute Gasteiger partial charge is 0.416 e. The minimum absolute atomic E-state index is 0.0618. The highest BCUT2D eigenvalue weighted by Gasteiger charge is 2.30. The summed E-state index contributed by atoms with van der Waals surface area (Å²) < 4.78 is 48.6. The van der Waals surface area contributed by atoms with Crippen LogP contribution in [0.4, 0.5) is 13.2 Å². The Morgan fingerprint density at radius 3 is 2.42 bits per heavy atom. The van der Waals surface area contributed by atoms with Crippen LogP contribution in [0, 0.1) is 6.92 Å². The van der Waals surface area contributed by atoms with Gasteiger partial charge in [-0.15, -0.1) is 0 Å². The molecule has 3 aromatic rings. The Labute approximate surface area is 136 Å². The van der Waals surface area contributed by atoms with Crippen molar-refractivity contribution in [3.8, 4) is 17.0 Å². The SMILES string of the molecule is Cc1cc(-c2ccc(OCc3cccc(C(F)(F)F)c3)cc2)no1. The van der Waals surface area contributed by atoms with Crippen LogP contribution in [0.15, 0.2) is 59.1 Å². The first-order valence-electron chi connectivity index (χ1n) is 7.24. The van der Waals surface area contributed by atoms with Gasteiger partial charge in [-0.25, -0.2) is 0 Å². The highest BCUT2D eigenvalue weighted by atomic mass is 19.4. The summed E-state index contributed by atoms with van der Waals surface area (Å²) in [6, 6.07) is 14.0. The summed E-state index contributed by atoms with van der Waals surface area (Å²) in [5, 5.41) is 3.92. The molecule has 0 N–H and O–H groups in total. The van der Waals surface area contributed by atoms with Crippen molar-refractivity contribution in [2.24, 2.45) is 0 Å². The lowest BCUT2D eigenvalue weighted by atomic mass is 10.1. The number of benzene rings is 2. The molecule has 0 fully saturated rings. The zero-order chi connectivity index (χ0) is 17.2. The van der Waals surface area contributed by atoms with Crippen LogP contribution < -0.4 is 4.74 Å². The first-order chi connectivity index (χ1) is 11.4. The van der Waals surface area contributed by atoms with E-state index in [4.69, 9.17) is 9.26 Å². The normalized spacial score (nSPS) is 11.5. The van der Waals surface area contributed by atoms with Crippen LogP contribution in [0.5, 0.6) is 5.75 Å². The highest BCUT2D eigenvalue weighted by molar-refractivity contribution is 5.59. The second kappa shape index (κ2) is 6.39. The molecule has 124 valence electrons. The van der Waals surface area contributed by atoms with Gasteiger partial charge in [-0.1, -0.05) is 17.3 Å². The molecule has 1 aromatic heterocycles. The average molecular weight is 333 g/mol. The standard InChI is InChI=1S/C18H14F3NO2/c1-12-9-17(22-24-12)14-5-7-16(8-6-14)23-11-13-3-2-4-15(10-13)18(19,20)21/h2-10H,11H2,1H3. The van der Waals surface area contributed by atoms with Gasteiger partial charge in [-0.2, -0.15) is 13.2 Å². The highest BCUT2D eigenvalue weighted by Crippen LogP contribution is 2.30. The predicted octanol–water partition coefficient (Wildman–Crippen LogP) is 5.25. The molecule has 0 bridgehead atoms. The van der Waals surface area contributed by atoms with E-state index in [9.17, 15) is 13.2 Å². The van der Waals surface area contributed by atoms with Crippen molar-refractivity contribution >= 4 is 0 Å². The van der Waals surface area contributed by atoms with Crippen molar-refractivity contribution in [3.63, 3.8) is 0 Å². The van der Waals surface area contributed by atoms with E-state index in [1.807, 2.05) is 25.1 Å². The van der Waals surface area contributed by atoms with Crippen molar-refractivity contribution in [1.29, 1.82) is 0 Å². The fraction of sp³-hybridized carbons (Fsp3) is 0.167. The Morgan fingerprint density at radius 2 is 1.79 bits per heavy atom. The van der Waals surface area contributed by atoms with Gasteiger partial charge in [-0.05, 0) is 48.9 Å². The van der Waals surface area contributed by atoms with Crippen molar-refractivity contribution in [2.45, 2.75) is 19.7 Å². The van der Waals surface area contributed by atoms with Gasteiger partial charge in [0.15, 0.2) is 0 Å². The van der Waals surface area contributed by atoms with Crippen LogP contribution in [0.2, 0.25) is 0 Å². The molecule has 24 heavy (non-hydrogen) atoms. The number of alkyl halides is 3. The van der Waals surface area contributed by atoms with Gasteiger partial charge in [0.2, 0.25) is 0 Å². The molecule has 0 saturated carbocycles. The summed E-state index contributed by atoms with van der Waals surface area (Å²) in [5.41, 5.74) is 1.37. The molecule has 0 amide bonds. The van der Waals surface area contributed by atoms with Gasteiger partial charge in [0.25, 0.3) is 0 Å². The average Bonchev–Trinajstić information content (AvgIpc) is 2.99. The van der Waals surface area contributed by atoms with E-state index < -0.39 is 11.7 Å². The third kappa shape index (κ3) is 3.76. The van der Waals surface area contributed by atoms with Gasteiger partial charge in [0, 0.05) is 11.6 Å². The van der Waals surface area contributed by atoms with Gasteiger partial charge in [-0.3, -0.25) is 0 Å².